The summed E-state index contributed by atoms with van der Waals surface area (Å²) in [4.78, 5) is 24.1. The van der Waals surface area contributed by atoms with E-state index >= 15 is 0 Å². The molecule has 1 saturated carbocycles. The molecular weight excluding hydrogens is 360 g/mol. The van der Waals surface area contributed by atoms with Crippen LogP contribution in [0.3, 0.4) is 0 Å². The Morgan fingerprint density at radius 3 is 2.62 bits per heavy atom. The lowest BCUT2D eigenvalue weighted by Gasteiger charge is -2.42. The smallest absolute Gasteiger partial charge is 0.317 e. The summed E-state index contributed by atoms with van der Waals surface area (Å²) in [5.41, 5.74) is 0.560. The highest BCUT2D eigenvalue weighted by Gasteiger charge is 2.36. The number of likely N-dealkylation sites (N-methyl/N-ethyl adjacent to an activating group) is 1. The van der Waals surface area contributed by atoms with Crippen molar-refractivity contribution in [2.45, 2.75) is 43.2 Å². The number of hydrogen-bond acceptors (Lipinski definition) is 6. The molecule has 1 aliphatic rings. The van der Waals surface area contributed by atoms with E-state index in [0.717, 1.165) is 0 Å². The Kier molecular flexibility index (Phi) is 6.74. The van der Waals surface area contributed by atoms with Gasteiger partial charge in [0.2, 0.25) is 10.0 Å². The molecule has 1 aliphatic carbocycles. The van der Waals surface area contributed by atoms with Crippen molar-refractivity contribution in [3.05, 3.63) is 29.8 Å². The molecular formula is C17H24N2O6S. The first-order valence-electron chi connectivity index (χ1n) is 8.39. The third-order valence-corrected chi connectivity index (χ3v) is 6.00. The van der Waals surface area contributed by atoms with Gasteiger partial charge in [-0.05, 0) is 37.1 Å². The van der Waals surface area contributed by atoms with Crippen LogP contribution >= 0.6 is 0 Å². The maximum Gasteiger partial charge on any atom is 0.317 e. The molecule has 1 fully saturated rings. The van der Waals surface area contributed by atoms with Crippen molar-refractivity contribution < 1.29 is 27.9 Å². The van der Waals surface area contributed by atoms with Crippen molar-refractivity contribution in [2.24, 2.45) is 0 Å². The zero-order valence-electron chi connectivity index (χ0n) is 14.8. The number of hydrogen-bond donors (Lipinski definition) is 2. The second kappa shape index (κ2) is 8.61. The number of carboxylic acids is 1. The summed E-state index contributed by atoms with van der Waals surface area (Å²) in [7, 11) is -2.42. The Morgan fingerprint density at radius 2 is 2.04 bits per heavy atom. The van der Waals surface area contributed by atoms with Gasteiger partial charge in [-0.1, -0.05) is 19.1 Å². The van der Waals surface area contributed by atoms with Gasteiger partial charge < -0.3 is 9.84 Å². The van der Waals surface area contributed by atoms with Crippen LogP contribution in [0, 0.1) is 0 Å². The Balaban J connectivity index is 1.97. The van der Waals surface area contributed by atoms with Gasteiger partial charge >= 0.3 is 11.9 Å². The van der Waals surface area contributed by atoms with E-state index in [9.17, 15) is 18.0 Å². The predicted molar refractivity (Wildman–Crippen MR) is 94.2 cm³/mol. The molecule has 0 aromatic heterocycles. The second-order valence-corrected chi connectivity index (χ2v) is 8.01. The Hall–Kier alpha value is -1.97. The molecule has 0 radical (unpaired) electrons. The van der Waals surface area contributed by atoms with Gasteiger partial charge in [0.1, 0.15) is 0 Å². The van der Waals surface area contributed by atoms with Crippen LogP contribution in [0.25, 0.3) is 0 Å². The minimum absolute atomic E-state index is 0.00596. The van der Waals surface area contributed by atoms with Crippen molar-refractivity contribution in [3.63, 3.8) is 0 Å². The summed E-state index contributed by atoms with van der Waals surface area (Å²) in [6.45, 7) is 2.44. The molecule has 0 bridgehead atoms. The van der Waals surface area contributed by atoms with E-state index in [0.29, 0.717) is 24.9 Å². The molecule has 0 saturated heterocycles. The van der Waals surface area contributed by atoms with Crippen LogP contribution in [0.4, 0.5) is 0 Å². The lowest BCUT2D eigenvalue weighted by molar-refractivity contribution is -0.140. The van der Waals surface area contributed by atoms with E-state index in [-0.39, 0.29) is 29.9 Å². The number of benzene rings is 1. The zero-order valence-corrected chi connectivity index (χ0v) is 15.7. The predicted octanol–water partition coefficient (Wildman–Crippen LogP) is 0.618. The van der Waals surface area contributed by atoms with Crippen molar-refractivity contribution in [3.8, 4) is 0 Å². The first kappa shape index (κ1) is 20.3. The summed E-state index contributed by atoms with van der Waals surface area (Å²) >= 11 is 0. The number of methoxy groups -OCH3 is 1. The minimum atomic E-state index is -3.70. The highest BCUT2D eigenvalue weighted by atomic mass is 32.2. The molecule has 1 aromatic carbocycles. The number of nitrogens with zero attached hydrogens (tertiary/aromatic N) is 1. The lowest BCUT2D eigenvalue weighted by Crippen LogP contribution is -2.54. The Labute approximate surface area is 153 Å². The summed E-state index contributed by atoms with van der Waals surface area (Å²) in [5, 5.41) is 8.90. The van der Waals surface area contributed by atoms with Gasteiger partial charge in [-0.3, -0.25) is 14.5 Å². The van der Waals surface area contributed by atoms with Crippen LogP contribution in [-0.4, -0.2) is 62.6 Å². The fourth-order valence-electron chi connectivity index (χ4n) is 3.00. The average molecular weight is 384 g/mol. The normalized spacial score (nSPS) is 19.8. The van der Waals surface area contributed by atoms with E-state index in [2.05, 4.69) is 9.46 Å². The van der Waals surface area contributed by atoms with Crippen molar-refractivity contribution in [2.75, 3.05) is 20.2 Å². The third-order valence-electron chi connectivity index (χ3n) is 4.48. The van der Waals surface area contributed by atoms with Crippen LogP contribution < -0.4 is 4.72 Å². The van der Waals surface area contributed by atoms with Crippen LogP contribution in [-0.2, 0) is 30.8 Å². The van der Waals surface area contributed by atoms with Crippen molar-refractivity contribution in [1.82, 2.24) is 9.62 Å². The molecule has 1 aromatic rings. The standard InChI is InChI=1S/C17H24N2O6S/c1-3-19(11-16(20)21)14-9-13(10-14)18-26(23,24)15-6-4-5-12(7-15)8-17(22)25-2/h4-7,13-14,18H,3,8-11H2,1-2H3,(H,20,21). The van der Waals surface area contributed by atoms with E-state index in [1.54, 1.807) is 12.1 Å². The van der Waals surface area contributed by atoms with Gasteiger partial charge in [0.15, 0.2) is 0 Å². The molecule has 9 heteroatoms. The van der Waals surface area contributed by atoms with Gasteiger partial charge in [0, 0.05) is 12.1 Å². The fraction of sp³-hybridized carbons (Fsp3) is 0.529. The molecule has 0 amide bonds. The molecule has 144 valence electrons. The van der Waals surface area contributed by atoms with E-state index < -0.39 is 22.0 Å². The lowest BCUT2D eigenvalue weighted by atomic mass is 9.86. The molecule has 2 N–H and O–H groups in total. The van der Waals surface area contributed by atoms with Crippen LogP contribution in [0.15, 0.2) is 29.2 Å². The monoisotopic (exact) mass is 384 g/mol. The van der Waals surface area contributed by atoms with Gasteiger partial charge in [-0.25, -0.2) is 13.1 Å². The quantitative estimate of drug-likeness (QED) is 0.600. The van der Waals surface area contributed by atoms with Gasteiger partial charge in [-0.2, -0.15) is 0 Å². The Bertz CT molecular complexity index is 758. The van der Waals surface area contributed by atoms with Gasteiger partial charge in [0.05, 0.1) is 25.0 Å². The number of aliphatic carboxylic acids is 1. The Morgan fingerprint density at radius 1 is 1.35 bits per heavy atom. The summed E-state index contributed by atoms with van der Waals surface area (Å²) in [6, 6.07) is 6.02. The third kappa shape index (κ3) is 5.26. The number of nitrogens with one attached hydrogen (secondary N) is 1. The topological polar surface area (TPSA) is 113 Å². The van der Waals surface area contributed by atoms with Crippen LogP contribution in [0.2, 0.25) is 0 Å². The molecule has 26 heavy (non-hydrogen) atoms. The van der Waals surface area contributed by atoms with Gasteiger partial charge in [-0.15, -0.1) is 0 Å². The maximum absolute atomic E-state index is 12.5. The number of esters is 1. The van der Waals surface area contributed by atoms with Gasteiger partial charge in [0.25, 0.3) is 0 Å². The highest BCUT2D eigenvalue weighted by molar-refractivity contribution is 7.89. The number of rotatable bonds is 9. The molecule has 0 heterocycles. The number of sulfonamides is 1. The SMILES string of the molecule is CCN(CC(=O)O)C1CC(NS(=O)(=O)c2cccc(CC(=O)OC)c2)C1. The zero-order chi connectivity index (χ0) is 19.3. The van der Waals surface area contributed by atoms with Crippen molar-refractivity contribution >= 4 is 22.0 Å². The maximum atomic E-state index is 12.5. The molecule has 0 atom stereocenters. The first-order chi connectivity index (χ1) is 12.2. The van der Waals surface area contributed by atoms with E-state index in [1.807, 2.05) is 11.8 Å². The van der Waals surface area contributed by atoms with E-state index in [1.165, 1.54) is 19.2 Å². The number of carbonyl (C=O) groups excluding carboxylic acids is 1. The van der Waals surface area contributed by atoms with E-state index in [4.69, 9.17) is 5.11 Å². The number of ether oxygens (including phenoxy) is 1. The number of carboxylic acid groups (broad SMARTS) is 1. The molecule has 2 rings (SSSR count). The molecule has 0 unspecified atom stereocenters. The highest BCUT2D eigenvalue weighted by Crippen LogP contribution is 2.27. The first-order valence-corrected chi connectivity index (χ1v) is 9.87. The largest absolute Gasteiger partial charge is 0.480 e. The average Bonchev–Trinajstić information content (AvgIpc) is 2.56. The molecule has 8 nitrogen and oxygen atoms in total. The summed E-state index contributed by atoms with van der Waals surface area (Å²) in [5.74, 6) is -1.33. The fourth-order valence-corrected chi connectivity index (χ4v) is 4.34. The van der Waals surface area contributed by atoms with Crippen LogP contribution in [0.5, 0.6) is 0 Å². The van der Waals surface area contributed by atoms with Crippen LogP contribution in [0.1, 0.15) is 25.3 Å². The number of carbonyl (C=O) groups is 2. The molecule has 0 aliphatic heterocycles. The summed E-state index contributed by atoms with van der Waals surface area (Å²) < 4.78 is 32.3. The minimum Gasteiger partial charge on any atom is -0.480 e. The summed E-state index contributed by atoms with van der Waals surface area (Å²) in [6.07, 6.45) is 1.15. The van der Waals surface area contributed by atoms with Crippen molar-refractivity contribution in [1.29, 1.82) is 0 Å². The second-order valence-electron chi connectivity index (χ2n) is 6.30. The molecule has 0 spiro atoms.